The largest absolute Gasteiger partial charge is 0.451 e. The summed E-state index contributed by atoms with van der Waals surface area (Å²) in [6, 6.07) is 7.27. The van der Waals surface area contributed by atoms with E-state index in [2.05, 4.69) is 48.6 Å². The fourth-order valence-electron chi connectivity index (χ4n) is 7.26. The molecule has 1 saturated carbocycles. The first-order valence-corrected chi connectivity index (χ1v) is 11.6. The van der Waals surface area contributed by atoms with Gasteiger partial charge in [0, 0.05) is 35.0 Å². The number of piperidine rings is 1. The van der Waals surface area contributed by atoms with Crippen LogP contribution in [0.3, 0.4) is 0 Å². The molecule has 0 radical (unpaired) electrons. The molecule has 29 heavy (non-hydrogen) atoms. The zero-order chi connectivity index (χ0) is 19.9. The van der Waals surface area contributed by atoms with Gasteiger partial charge in [-0.3, -0.25) is 4.90 Å². The number of hydrogen-bond acceptors (Lipinski definition) is 3. The minimum atomic E-state index is -0.121. The van der Waals surface area contributed by atoms with Gasteiger partial charge < -0.3 is 9.30 Å². The van der Waals surface area contributed by atoms with E-state index >= 15 is 0 Å². The summed E-state index contributed by atoms with van der Waals surface area (Å²) in [5.74, 6) is 1.98. The Kier molecular flexibility index (Phi) is 3.94. The van der Waals surface area contributed by atoms with Crippen molar-refractivity contribution in [2.24, 2.45) is 11.8 Å². The van der Waals surface area contributed by atoms with E-state index in [9.17, 15) is 4.79 Å². The zero-order valence-corrected chi connectivity index (χ0v) is 17.9. The Morgan fingerprint density at radius 2 is 1.90 bits per heavy atom. The van der Waals surface area contributed by atoms with Crippen molar-refractivity contribution in [3.8, 4) is 0 Å². The minimum Gasteiger partial charge on any atom is -0.451 e. The molecule has 3 heterocycles. The highest BCUT2D eigenvalue weighted by molar-refractivity contribution is 6.04. The van der Waals surface area contributed by atoms with Crippen LogP contribution in [-0.4, -0.2) is 35.1 Å². The highest BCUT2D eigenvalue weighted by atomic mass is 16.6. The molecule has 2 aliphatic carbocycles. The van der Waals surface area contributed by atoms with Crippen molar-refractivity contribution in [2.75, 3.05) is 13.6 Å². The van der Waals surface area contributed by atoms with Crippen molar-refractivity contribution in [3.63, 3.8) is 0 Å². The third-order valence-corrected chi connectivity index (χ3v) is 8.35. The van der Waals surface area contributed by atoms with Crippen LogP contribution in [0.15, 0.2) is 18.2 Å². The Balaban J connectivity index is 1.51. The van der Waals surface area contributed by atoms with Gasteiger partial charge in [0.1, 0.15) is 11.8 Å². The van der Waals surface area contributed by atoms with Gasteiger partial charge in [-0.2, -0.15) is 0 Å². The molecule has 2 unspecified atom stereocenters. The number of likely N-dealkylation sites (N-methyl/N-ethyl adjacent to an activating group) is 1. The average molecular weight is 393 g/mol. The summed E-state index contributed by atoms with van der Waals surface area (Å²) in [6.07, 6.45) is 8.16. The van der Waals surface area contributed by atoms with Crippen LogP contribution < -0.4 is 0 Å². The molecule has 4 aliphatic rings. The molecule has 0 bridgehead atoms. The standard InChI is InChI=1S/C25H32N2O2/c1-14(2)27-19-11-7-10-17-18-12-16(15-8-5-4-6-9-15)13-26(3)22(18)24-21(20(17)19)23(27)25(28)29-24/h7,10-11,14-16,18,22,24H,4-6,8-9,12-13H2,1-3H3/t16-,18?,22+,24?/m1/s1. The Labute approximate surface area is 173 Å². The topological polar surface area (TPSA) is 34.5 Å². The molecule has 0 amide bonds. The number of ether oxygens (including phenoxy) is 1. The fraction of sp³-hybridized carbons (Fsp3) is 0.640. The second-order valence-electron chi connectivity index (χ2n) is 10.2. The van der Waals surface area contributed by atoms with Crippen molar-refractivity contribution in [3.05, 3.63) is 35.0 Å². The molecular formula is C25H32N2O2. The average Bonchev–Trinajstić information content (AvgIpc) is 3.24. The minimum absolute atomic E-state index is 0.0998. The first-order chi connectivity index (χ1) is 14.1. The maximum absolute atomic E-state index is 13.0. The van der Waals surface area contributed by atoms with E-state index in [1.165, 1.54) is 60.6 Å². The second kappa shape index (κ2) is 6.34. The molecule has 154 valence electrons. The smallest absolute Gasteiger partial charge is 0.356 e. The Bertz CT molecular complexity index is 984. The molecule has 2 fully saturated rings. The second-order valence-corrected chi connectivity index (χ2v) is 10.2. The van der Waals surface area contributed by atoms with Crippen molar-refractivity contribution in [1.82, 2.24) is 9.47 Å². The Hall–Kier alpha value is -1.81. The van der Waals surface area contributed by atoms with Gasteiger partial charge in [-0.15, -0.1) is 0 Å². The number of likely N-dealkylation sites (tertiary alicyclic amines) is 1. The van der Waals surface area contributed by atoms with Crippen molar-refractivity contribution >= 4 is 16.9 Å². The maximum atomic E-state index is 13.0. The van der Waals surface area contributed by atoms with E-state index in [-0.39, 0.29) is 24.2 Å². The van der Waals surface area contributed by atoms with Gasteiger partial charge in [0.15, 0.2) is 0 Å². The number of esters is 1. The van der Waals surface area contributed by atoms with Crippen molar-refractivity contribution in [1.29, 1.82) is 0 Å². The van der Waals surface area contributed by atoms with E-state index < -0.39 is 0 Å². The lowest BCUT2D eigenvalue weighted by molar-refractivity contribution is -0.0233. The summed E-state index contributed by atoms with van der Waals surface area (Å²) in [5, 5.41) is 1.32. The number of nitrogens with zero attached hydrogens (tertiary/aromatic N) is 2. The van der Waals surface area contributed by atoms with Crippen molar-refractivity contribution < 1.29 is 9.53 Å². The summed E-state index contributed by atoms with van der Waals surface area (Å²) in [5.41, 5.74) is 4.68. The van der Waals surface area contributed by atoms with Gasteiger partial charge in [0.25, 0.3) is 0 Å². The molecule has 1 aromatic heterocycles. The molecule has 6 rings (SSSR count). The van der Waals surface area contributed by atoms with Gasteiger partial charge in [-0.1, -0.05) is 44.2 Å². The predicted molar refractivity (Wildman–Crippen MR) is 114 cm³/mol. The van der Waals surface area contributed by atoms with Crippen molar-refractivity contribution in [2.45, 2.75) is 76.5 Å². The van der Waals surface area contributed by atoms with Gasteiger partial charge in [0.05, 0.1) is 6.04 Å². The molecule has 4 nitrogen and oxygen atoms in total. The van der Waals surface area contributed by atoms with E-state index in [0.29, 0.717) is 5.92 Å². The van der Waals surface area contributed by atoms with Gasteiger partial charge >= 0.3 is 5.97 Å². The Morgan fingerprint density at radius 3 is 2.66 bits per heavy atom. The summed E-state index contributed by atoms with van der Waals surface area (Å²) in [4.78, 5) is 15.5. The number of aromatic nitrogens is 1. The molecular weight excluding hydrogens is 360 g/mol. The third-order valence-electron chi connectivity index (χ3n) is 8.35. The first kappa shape index (κ1) is 18.0. The third kappa shape index (κ3) is 2.38. The monoisotopic (exact) mass is 392 g/mol. The predicted octanol–water partition coefficient (Wildman–Crippen LogP) is 5.43. The lowest BCUT2D eigenvalue weighted by Gasteiger charge is -2.49. The van der Waals surface area contributed by atoms with Crippen LogP contribution in [0.25, 0.3) is 10.9 Å². The van der Waals surface area contributed by atoms with Crippen LogP contribution in [0, 0.1) is 11.8 Å². The lowest BCUT2D eigenvalue weighted by Crippen LogP contribution is -2.51. The van der Waals surface area contributed by atoms with Crippen LogP contribution >= 0.6 is 0 Å². The quantitative estimate of drug-likeness (QED) is 0.639. The summed E-state index contributed by atoms with van der Waals surface area (Å²) >= 11 is 0. The van der Waals surface area contributed by atoms with E-state index in [1.54, 1.807) is 0 Å². The number of hydrogen-bond donors (Lipinski definition) is 0. The summed E-state index contributed by atoms with van der Waals surface area (Å²) in [7, 11) is 2.27. The summed E-state index contributed by atoms with van der Waals surface area (Å²) < 4.78 is 8.31. The van der Waals surface area contributed by atoms with Gasteiger partial charge in [-0.25, -0.2) is 4.79 Å². The van der Waals surface area contributed by atoms with E-state index in [1.807, 2.05) is 0 Å². The molecule has 4 heteroatoms. The molecule has 2 aliphatic heterocycles. The van der Waals surface area contributed by atoms with Crippen LogP contribution in [0.1, 0.15) is 92.1 Å². The van der Waals surface area contributed by atoms with Crippen LogP contribution in [0.4, 0.5) is 0 Å². The fourth-order valence-corrected chi connectivity index (χ4v) is 7.26. The van der Waals surface area contributed by atoms with Gasteiger partial charge in [-0.05, 0) is 50.8 Å². The number of benzene rings is 1. The van der Waals surface area contributed by atoms with Crippen LogP contribution in [0.2, 0.25) is 0 Å². The molecule has 0 N–H and O–H groups in total. The molecule has 1 saturated heterocycles. The van der Waals surface area contributed by atoms with Crippen LogP contribution in [-0.2, 0) is 4.74 Å². The number of fused-ring (bicyclic) bond motifs is 3. The first-order valence-electron chi connectivity index (χ1n) is 11.6. The Morgan fingerprint density at radius 1 is 1.10 bits per heavy atom. The van der Waals surface area contributed by atoms with E-state index in [4.69, 9.17) is 4.74 Å². The maximum Gasteiger partial charge on any atom is 0.356 e. The molecule has 2 aromatic rings. The molecule has 0 spiro atoms. The zero-order valence-electron chi connectivity index (χ0n) is 17.9. The molecule has 4 atom stereocenters. The van der Waals surface area contributed by atoms with Crippen LogP contribution in [0.5, 0.6) is 0 Å². The normalized spacial score (nSPS) is 32.1. The summed E-state index contributed by atoms with van der Waals surface area (Å²) in [6.45, 7) is 5.48. The number of carbonyl (C=O) groups is 1. The highest BCUT2D eigenvalue weighted by Gasteiger charge is 2.53. The highest BCUT2D eigenvalue weighted by Crippen LogP contribution is 2.56. The molecule has 1 aromatic carbocycles. The lowest BCUT2D eigenvalue weighted by atomic mass is 9.67. The SMILES string of the molecule is CC(C)n1c2c3c4c(cccc41)C1C[C@@H](C4CCCCC4)CN(C)[C@@H]1C3OC2=O. The van der Waals surface area contributed by atoms with Gasteiger partial charge in [0.2, 0.25) is 0 Å². The number of carbonyl (C=O) groups excluding carboxylic acids is 1. The number of rotatable bonds is 2. The van der Waals surface area contributed by atoms with E-state index in [0.717, 1.165) is 24.1 Å².